The zero-order chi connectivity index (χ0) is 13.0. The molecule has 0 spiro atoms. The zero-order valence-electron chi connectivity index (χ0n) is 10.9. The van der Waals surface area contributed by atoms with Gasteiger partial charge < -0.3 is 10.6 Å². The number of carbonyl (C=O) groups is 1. The molecule has 1 aliphatic heterocycles. The maximum atomic E-state index is 12.2. The zero-order valence-corrected chi connectivity index (χ0v) is 10.9. The van der Waals surface area contributed by atoms with Gasteiger partial charge in [0.1, 0.15) is 0 Å². The minimum atomic E-state index is -0.344. The van der Waals surface area contributed by atoms with Crippen LogP contribution in [0.25, 0.3) is 0 Å². The number of fused-ring (bicyclic) bond motifs is 1. The summed E-state index contributed by atoms with van der Waals surface area (Å²) in [6, 6.07) is 3.62. The number of hydrogen-bond acceptors (Lipinski definition) is 3. The van der Waals surface area contributed by atoms with Crippen LogP contribution in [0.5, 0.6) is 0 Å². The van der Waals surface area contributed by atoms with Crippen molar-refractivity contribution in [1.29, 1.82) is 0 Å². The summed E-state index contributed by atoms with van der Waals surface area (Å²) >= 11 is 0. The van der Waals surface area contributed by atoms with Crippen LogP contribution >= 0.6 is 0 Å². The van der Waals surface area contributed by atoms with Crippen molar-refractivity contribution in [3.63, 3.8) is 0 Å². The standard InChI is InChI=1S/C14H21N3O/c1-2-3-6-12(15)14(18)17-9-7-13-11(10-17)5-4-8-16-13/h4-5,8,12H,2-3,6-7,9-10,15H2,1H3. The smallest absolute Gasteiger partial charge is 0.239 e. The molecule has 2 heterocycles. The van der Waals surface area contributed by atoms with Gasteiger partial charge in [0.25, 0.3) is 0 Å². The molecule has 1 aliphatic rings. The molecule has 0 saturated heterocycles. The molecule has 1 amide bonds. The molecule has 2 N–H and O–H groups in total. The highest BCUT2D eigenvalue weighted by molar-refractivity contribution is 5.81. The molecule has 0 bridgehead atoms. The van der Waals surface area contributed by atoms with Crippen molar-refractivity contribution >= 4 is 5.91 Å². The lowest BCUT2D eigenvalue weighted by atomic mass is 10.0. The number of hydrogen-bond donors (Lipinski definition) is 1. The Morgan fingerprint density at radius 3 is 3.22 bits per heavy atom. The third-order valence-electron chi connectivity index (χ3n) is 3.46. The molecule has 4 nitrogen and oxygen atoms in total. The van der Waals surface area contributed by atoms with Crippen molar-refractivity contribution in [2.24, 2.45) is 5.73 Å². The molecule has 0 aliphatic carbocycles. The van der Waals surface area contributed by atoms with Gasteiger partial charge >= 0.3 is 0 Å². The summed E-state index contributed by atoms with van der Waals surface area (Å²) in [7, 11) is 0. The number of pyridine rings is 1. The van der Waals surface area contributed by atoms with Crippen LogP contribution < -0.4 is 5.73 Å². The number of amides is 1. The molecule has 1 unspecified atom stereocenters. The van der Waals surface area contributed by atoms with Crippen molar-refractivity contribution < 1.29 is 4.79 Å². The molecule has 1 aromatic heterocycles. The number of unbranched alkanes of at least 4 members (excludes halogenated alkanes) is 1. The van der Waals surface area contributed by atoms with E-state index in [2.05, 4.69) is 11.9 Å². The first-order valence-electron chi connectivity index (χ1n) is 6.69. The minimum absolute atomic E-state index is 0.0814. The Morgan fingerprint density at radius 2 is 2.44 bits per heavy atom. The van der Waals surface area contributed by atoms with Gasteiger partial charge in [-0.15, -0.1) is 0 Å². The number of nitrogens with two attached hydrogens (primary N) is 1. The number of carbonyl (C=O) groups excluding carboxylic acids is 1. The molecule has 0 radical (unpaired) electrons. The summed E-state index contributed by atoms with van der Waals surface area (Å²) in [4.78, 5) is 18.4. The van der Waals surface area contributed by atoms with Crippen LogP contribution in [-0.4, -0.2) is 28.4 Å². The fourth-order valence-corrected chi connectivity index (χ4v) is 2.34. The van der Waals surface area contributed by atoms with E-state index < -0.39 is 0 Å². The van der Waals surface area contributed by atoms with E-state index in [-0.39, 0.29) is 11.9 Å². The fourth-order valence-electron chi connectivity index (χ4n) is 2.34. The van der Waals surface area contributed by atoms with Crippen LogP contribution in [0.15, 0.2) is 18.3 Å². The molecule has 0 saturated carbocycles. The molecule has 1 aromatic rings. The van der Waals surface area contributed by atoms with E-state index in [0.29, 0.717) is 6.54 Å². The maximum absolute atomic E-state index is 12.2. The number of aromatic nitrogens is 1. The average molecular weight is 247 g/mol. The largest absolute Gasteiger partial charge is 0.337 e. The highest BCUT2D eigenvalue weighted by atomic mass is 16.2. The van der Waals surface area contributed by atoms with Crippen LogP contribution in [-0.2, 0) is 17.8 Å². The summed E-state index contributed by atoms with van der Waals surface area (Å²) in [6.45, 7) is 3.50. The first kappa shape index (κ1) is 13.0. The van der Waals surface area contributed by atoms with Gasteiger partial charge in [0, 0.05) is 31.4 Å². The molecule has 18 heavy (non-hydrogen) atoms. The Balaban J connectivity index is 1.98. The number of nitrogens with zero attached hydrogens (tertiary/aromatic N) is 2. The molecular formula is C14H21N3O. The lowest BCUT2D eigenvalue weighted by molar-refractivity contribution is -0.133. The van der Waals surface area contributed by atoms with E-state index in [9.17, 15) is 4.79 Å². The van der Waals surface area contributed by atoms with Gasteiger partial charge in [0.2, 0.25) is 5.91 Å². The summed E-state index contributed by atoms with van der Waals surface area (Å²) in [5.74, 6) is 0.0814. The van der Waals surface area contributed by atoms with E-state index in [1.807, 2.05) is 23.2 Å². The first-order chi connectivity index (χ1) is 8.72. The van der Waals surface area contributed by atoms with Crippen LogP contribution in [0, 0.1) is 0 Å². The van der Waals surface area contributed by atoms with Gasteiger partial charge in [-0.25, -0.2) is 0 Å². The third-order valence-corrected chi connectivity index (χ3v) is 3.46. The lowest BCUT2D eigenvalue weighted by Crippen LogP contribution is -2.45. The van der Waals surface area contributed by atoms with Crippen molar-refractivity contribution in [2.45, 2.75) is 45.2 Å². The van der Waals surface area contributed by atoms with Gasteiger partial charge in [0.15, 0.2) is 0 Å². The van der Waals surface area contributed by atoms with Crippen molar-refractivity contribution in [2.75, 3.05) is 6.54 Å². The Morgan fingerprint density at radius 1 is 1.61 bits per heavy atom. The topological polar surface area (TPSA) is 59.2 Å². The second-order valence-corrected chi connectivity index (χ2v) is 4.87. The Kier molecular flexibility index (Phi) is 4.31. The summed E-state index contributed by atoms with van der Waals surface area (Å²) in [5.41, 5.74) is 8.21. The van der Waals surface area contributed by atoms with Crippen LogP contribution in [0.1, 0.15) is 37.4 Å². The highest BCUT2D eigenvalue weighted by Gasteiger charge is 2.24. The van der Waals surface area contributed by atoms with Crippen molar-refractivity contribution in [3.8, 4) is 0 Å². The van der Waals surface area contributed by atoms with Gasteiger partial charge in [-0.3, -0.25) is 9.78 Å². The second-order valence-electron chi connectivity index (χ2n) is 4.87. The Labute approximate surface area is 108 Å². The normalized spacial score (nSPS) is 16.2. The monoisotopic (exact) mass is 247 g/mol. The second kappa shape index (κ2) is 5.96. The first-order valence-corrected chi connectivity index (χ1v) is 6.69. The SMILES string of the molecule is CCCCC(N)C(=O)N1CCc2ncccc2C1. The minimum Gasteiger partial charge on any atom is -0.337 e. The highest BCUT2D eigenvalue weighted by Crippen LogP contribution is 2.17. The van der Waals surface area contributed by atoms with Gasteiger partial charge in [-0.1, -0.05) is 25.8 Å². The predicted octanol–water partition coefficient (Wildman–Crippen LogP) is 1.48. The van der Waals surface area contributed by atoms with Gasteiger partial charge in [-0.05, 0) is 18.1 Å². The van der Waals surface area contributed by atoms with E-state index in [0.717, 1.165) is 43.5 Å². The van der Waals surface area contributed by atoms with Gasteiger partial charge in [0.05, 0.1) is 6.04 Å². The Hall–Kier alpha value is -1.42. The maximum Gasteiger partial charge on any atom is 0.239 e. The van der Waals surface area contributed by atoms with E-state index in [4.69, 9.17) is 5.73 Å². The van der Waals surface area contributed by atoms with E-state index >= 15 is 0 Å². The summed E-state index contributed by atoms with van der Waals surface area (Å²) in [6.07, 6.45) is 5.52. The molecule has 0 aromatic carbocycles. The fraction of sp³-hybridized carbons (Fsp3) is 0.571. The molecule has 98 valence electrons. The van der Waals surface area contributed by atoms with Crippen molar-refractivity contribution in [3.05, 3.63) is 29.6 Å². The molecule has 2 rings (SSSR count). The molecule has 0 fully saturated rings. The number of rotatable bonds is 4. The van der Waals surface area contributed by atoms with Gasteiger partial charge in [-0.2, -0.15) is 0 Å². The predicted molar refractivity (Wildman–Crippen MR) is 70.9 cm³/mol. The lowest BCUT2D eigenvalue weighted by Gasteiger charge is -2.30. The summed E-state index contributed by atoms with van der Waals surface area (Å²) < 4.78 is 0. The average Bonchev–Trinajstić information content (AvgIpc) is 2.43. The van der Waals surface area contributed by atoms with E-state index in [1.165, 1.54) is 0 Å². The van der Waals surface area contributed by atoms with Crippen LogP contribution in [0.3, 0.4) is 0 Å². The van der Waals surface area contributed by atoms with E-state index in [1.54, 1.807) is 0 Å². The van der Waals surface area contributed by atoms with Crippen LogP contribution in [0.4, 0.5) is 0 Å². The Bertz CT molecular complexity index is 419. The quantitative estimate of drug-likeness (QED) is 0.876. The molecule has 1 atom stereocenters. The van der Waals surface area contributed by atoms with Crippen molar-refractivity contribution in [1.82, 2.24) is 9.88 Å². The molecule has 4 heteroatoms. The third kappa shape index (κ3) is 2.88. The molecular weight excluding hydrogens is 226 g/mol. The van der Waals surface area contributed by atoms with Crippen LogP contribution in [0.2, 0.25) is 0 Å². The summed E-state index contributed by atoms with van der Waals surface area (Å²) in [5, 5.41) is 0.